The van der Waals surface area contributed by atoms with Crippen LogP contribution in [0.3, 0.4) is 0 Å². The van der Waals surface area contributed by atoms with Crippen molar-refractivity contribution in [2.24, 2.45) is 5.92 Å². The van der Waals surface area contributed by atoms with Crippen molar-refractivity contribution >= 4 is 5.91 Å². The van der Waals surface area contributed by atoms with Gasteiger partial charge in [-0.3, -0.25) is 4.79 Å². The van der Waals surface area contributed by atoms with Gasteiger partial charge in [-0.05, 0) is 37.3 Å². The lowest BCUT2D eigenvalue weighted by Crippen LogP contribution is -2.36. The Morgan fingerprint density at radius 3 is 2.75 bits per heavy atom. The molecule has 3 heteroatoms. The van der Waals surface area contributed by atoms with E-state index in [4.69, 9.17) is 4.42 Å². The SMILES string of the molecule is C[C@H]1C[C@H]1c1ccc(CCC(=O)NC2CCCCC2)o1. The van der Waals surface area contributed by atoms with Crippen LogP contribution in [0, 0.1) is 5.92 Å². The highest BCUT2D eigenvalue weighted by Gasteiger charge is 2.36. The van der Waals surface area contributed by atoms with Crippen LogP contribution in [0.1, 0.15) is 69.3 Å². The summed E-state index contributed by atoms with van der Waals surface area (Å²) in [6.07, 6.45) is 8.64. The summed E-state index contributed by atoms with van der Waals surface area (Å²) in [5, 5.41) is 3.16. The molecule has 1 heterocycles. The summed E-state index contributed by atoms with van der Waals surface area (Å²) in [7, 11) is 0. The maximum atomic E-state index is 11.9. The molecular weight excluding hydrogens is 250 g/mol. The monoisotopic (exact) mass is 275 g/mol. The summed E-state index contributed by atoms with van der Waals surface area (Å²) in [6.45, 7) is 2.25. The van der Waals surface area contributed by atoms with Crippen molar-refractivity contribution < 1.29 is 9.21 Å². The number of hydrogen-bond donors (Lipinski definition) is 1. The minimum Gasteiger partial charge on any atom is -0.466 e. The third kappa shape index (κ3) is 3.44. The summed E-state index contributed by atoms with van der Waals surface area (Å²) in [4.78, 5) is 11.9. The van der Waals surface area contributed by atoms with E-state index in [1.54, 1.807) is 0 Å². The van der Waals surface area contributed by atoms with Gasteiger partial charge in [-0.2, -0.15) is 0 Å². The van der Waals surface area contributed by atoms with Crippen molar-refractivity contribution in [3.05, 3.63) is 23.7 Å². The minimum absolute atomic E-state index is 0.176. The maximum absolute atomic E-state index is 11.9. The third-order valence-corrected chi connectivity index (χ3v) is 4.73. The number of carbonyl (C=O) groups is 1. The van der Waals surface area contributed by atoms with E-state index in [-0.39, 0.29) is 5.91 Å². The van der Waals surface area contributed by atoms with E-state index >= 15 is 0 Å². The average Bonchev–Trinajstić information content (AvgIpc) is 3.01. The van der Waals surface area contributed by atoms with Crippen molar-refractivity contribution in [1.82, 2.24) is 5.32 Å². The fourth-order valence-electron chi connectivity index (χ4n) is 3.23. The first-order chi connectivity index (χ1) is 9.72. The highest BCUT2D eigenvalue weighted by atomic mass is 16.3. The average molecular weight is 275 g/mol. The molecule has 0 unspecified atom stereocenters. The molecule has 2 fully saturated rings. The molecule has 1 N–H and O–H groups in total. The zero-order valence-electron chi connectivity index (χ0n) is 12.4. The van der Waals surface area contributed by atoms with Gasteiger partial charge in [0.05, 0.1) is 0 Å². The Labute approximate surface area is 121 Å². The summed E-state index contributed by atoms with van der Waals surface area (Å²) < 4.78 is 5.84. The molecule has 1 aromatic rings. The highest BCUT2D eigenvalue weighted by molar-refractivity contribution is 5.76. The quantitative estimate of drug-likeness (QED) is 0.888. The molecular formula is C17H25NO2. The van der Waals surface area contributed by atoms with E-state index < -0.39 is 0 Å². The van der Waals surface area contributed by atoms with Crippen LogP contribution >= 0.6 is 0 Å². The Hall–Kier alpha value is -1.25. The smallest absolute Gasteiger partial charge is 0.220 e. The molecule has 1 amide bonds. The second-order valence-corrected chi connectivity index (χ2v) is 6.53. The summed E-state index contributed by atoms with van der Waals surface area (Å²) in [5.41, 5.74) is 0. The zero-order valence-corrected chi connectivity index (χ0v) is 12.4. The number of aryl methyl sites for hydroxylation is 1. The normalized spacial score (nSPS) is 26.4. The third-order valence-electron chi connectivity index (χ3n) is 4.73. The first kappa shape index (κ1) is 13.7. The molecule has 2 saturated carbocycles. The van der Waals surface area contributed by atoms with Crippen molar-refractivity contribution in [3.63, 3.8) is 0 Å². The van der Waals surface area contributed by atoms with Crippen LogP contribution in [0.4, 0.5) is 0 Å². The van der Waals surface area contributed by atoms with Crippen molar-refractivity contribution in [3.8, 4) is 0 Å². The molecule has 0 radical (unpaired) electrons. The zero-order chi connectivity index (χ0) is 13.9. The van der Waals surface area contributed by atoms with Crippen LogP contribution in [0.2, 0.25) is 0 Å². The number of hydrogen-bond acceptors (Lipinski definition) is 2. The van der Waals surface area contributed by atoms with Gasteiger partial charge in [-0.25, -0.2) is 0 Å². The molecule has 2 atom stereocenters. The van der Waals surface area contributed by atoms with Gasteiger partial charge in [-0.1, -0.05) is 26.2 Å². The van der Waals surface area contributed by atoms with Crippen molar-refractivity contribution in [2.75, 3.05) is 0 Å². The Balaban J connectivity index is 1.42. The van der Waals surface area contributed by atoms with Crippen molar-refractivity contribution in [2.45, 2.75) is 70.3 Å². The lowest BCUT2D eigenvalue weighted by molar-refractivity contribution is -0.122. The second kappa shape index (κ2) is 6.02. The van der Waals surface area contributed by atoms with Gasteiger partial charge in [0, 0.05) is 24.8 Å². The van der Waals surface area contributed by atoms with Gasteiger partial charge in [-0.15, -0.1) is 0 Å². The summed E-state index contributed by atoms with van der Waals surface area (Å²) in [5.74, 6) is 3.64. The van der Waals surface area contributed by atoms with Crippen LogP contribution in [-0.2, 0) is 11.2 Å². The molecule has 0 aliphatic heterocycles. The summed E-state index contributed by atoms with van der Waals surface area (Å²) >= 11 is 0. The molecule has 0 bridgehead atoms. The second-order valence-electron chi connectivity index (χ2n) is 6.53. The van der Waals surface area contributed by atoms with Crippen LogP contribution in [0.5, 0.6) is 0 Å². The van der Waals surface area contributed by atoms with E-state index in [9.17, 15) is 4.79 Å². The molecule has 110 valence electrons. The molecule has 2 aliphatic carbocycles. The fourth-order valence-corrected chi connectivity index (χ4v) is 3.23. The van der Waals surface area contributed by atoms with Gasteiger partial charge >= 0.3 is 0 Å². The van der Waals surface area contributed by atoms with E-state index in [1.165, 1.54) is 25.7 Å². The van der Waals surface area contributed by atoms with E-state index in [1.807, 2.05) is 6.07 Å². The molecule has 0 aromatic carbocycles. The van der Waals surface area contributed by atoms with Gasteiger partial charge < -0.3 is 9.73 Å². The van der Waals surface area contributed by atoms with Crippen LogP contribution in [0.15, 0.2) is 16.5 Å². The molecule has 3 rings (SSSR count). The number of carbonyl (C=O) groups excluding carboxylic acids is 1. The predicted octanol–water partition coefficient (Wildman–Crippen LogP) is 3.78. The molecule has 1 aromatic heterocycles. The molecule has 0 saturated heterocycles. The van der Waals surface area contributed by atoms with Crippen LogP contribution in [-0.4, -0.2) is 11.9 Å². The Kier molecular flexibility index (Phi) is 4.13. The number of amides is 1. The fraction of sp³-hybridized carbons (Fsp3) is 0.706. The minimum atomic E-state index is 0.176. The van der Waals surface area contributed by atoms with E-state index in [2.05, 4.69) is 18.3 Å². The highest BCUT2D eigenvalue weighted by Crippen LogP contribution is 2.47. The van der Waals surface area contributed by atoms with Crippen molar-refractivity contribution in [1.29, 1.82) is 0 Å². The first-order valence-corrected chi connectivity index (χ1v) is 8.10. The van der Waals surface area contributed by atoms with Gasteiger partial charge in [0.2, 0.25) is 5.91 Å². The Morgan fingerprint density at radius 1 is 1.30 bits per heavy atom. The molecule has 2 aliphatic rings. The van der Waals surface area contributed by atoms with E-state index in [0.717, 1.165) is 36.7 Å². The number of rotatable bonds is 5. The largest absolute Gasteiger partial charge is 0.466 e. The van der Waals surface area contributed by atoms with Gasteiger partial charge in [0.1, 0.15) is 11.5 Å². The standard InChI is InChI=1S/C17H25NO2/c1-12-11-15(12)16-9-7-14(20-16)8-10-17(19)18-13-5-3-2-4-6-13/h7,9,12-13,15H,2-6,8,10-11H2,1H3,(H,18,19)/t12-,15+/m0/s1. The number of nitrogens with one attached hydrogen (secondary N) is 1. The van der Waals surface area contributed by atoms with E-state index in [0.29, 0.717) is 18.4 Å². The lowest BCUT2D eigenvalue weighted by Gasteiger charge is -2.22. The molecule has 0 spiro atoms. The summed E-state index contributed by atoms with van der Waals surface area (Å²) in [6, 6.07) is 4.53. The Morgan fingerprint density at radius 2 is 2.05 bits per heavy atom. The Bertz CT molecular complexity index is 459. The molecule has 20 heavy (non-hydrogen) atoms. The maximum Gasteiger partial charge on any atom is 0.220 e. The number of furan rings is 1. The predicted molar refractivity (Wildman–Crippen MR) is 78.6 cm³/mol. The van der Waals surface area contributed by atoms with Crippen LogP contribution < -0.4 is 5.32 Å². The topological polar surface area (TPSA) is 42.2 Å². The van der Waals surface area contributed by atoms with Gasteiger partial charge in [0.15, 0.2) is 0 Å². The lowest BCUT2D eigenvalue weighted by atomic mass is 9.95. The van der Waals surface area contributed by atoms with Crippen LogP contribution in [0.25, 0.3) is 0 Å². The van der Waals surface area contributed by atoms with Gasteiger partial charge in [0.25, 0.3) is 0 Å². The molecule has 3 nitrogen and oxygen atoms in total. The first-order valence-electron chi connectivity index (χ1n) is 8.10.